The SMILES string of the molecule is C[C@H]1[C@H](Cc2ccccc2)C(=O)N(Cc2ccccc2)N[C@H]1C(=O)OC(C)(C)C. The van der Waals surface area contributed by atoms with Crippen LogP contribution in [0.4, 0.5) is 0 Å². The molecule has 5 nitrogen and oxygen atoms in total. The van der Waals surface area contributed by atoms with E-state index in [9.17, 15) is 9.59 Å². The molecule has 1 aliphatic rings. The topological polar surface area (TPSA) is 58.6 Å². The summed E-state index contributed by atoms with van der Waals surface area (Å²) in [6.07, 6.45) is 0.590. The van der Waals surface area contributed by atoms with Crippen molar-refractivity contribution in [2.75, 3.05) is 0 Å². The summed E-state index contributed by atoms with van der Waals surface area (Å²) in [5.41, 5.74) is 4.65. The monoisotopic (exact) mass is 394 g/mol. The molecule has 1 aliphatic heterocycles. The quantitative estimate of drug-likeness (QED) is 0.785. The first kappa shape index (κ1) is 21.1. The second-order valence-corrected chi connectivity index (χ2v) is 8.71. The summed E-state index contributed by atoms with van der Waals surface area (Å²) in [7, 11) is 0. The van der Waals surface area contributed by atoms with E-state index in [-0.39, 0.29) is 23.7 Å². The van der Waals surface area contributed by atoms with E-state index in [1.54, 1.807) is 5.01 Å². The van der Waals surface area contributed by atoms with Crippen molar-refractivity contribution in [1.82, 2.24) is 10.4 Å². The first-order chi connectivity index (χ1) is 13.7. The molecule has 0 aliphatic carbocycles. The van der Waals surface area contributed by atoms with E-state index in [2.05, 4.69) is 5.43 Å². The number of nitrogens with one attached hydrogen (secondary N) is 1. The molecular weight excluding hydrogens is 364 g/mol. The number of hydrogen-bond acceptors (Lipinski definition) is 4. The zero-order valence-electron chi connectivity index (χ0n) is 17.6. The highest BCUT2D eigenvalue weighted by Crippen LogP contribution is 2.29. The van der Waals surface area contributed by atoms with E-state index in [0.29, 0.717) is 13.0 Å². The summed E-state index contributed by atoms with van der Waals surface area (Å²) in [5.74, 6) is -0.817. The molecule has 0 bridgehead atoms. The number of carbonyl (C=O) groups is 2. The Kier molecular flexibility index (Phi) is 6.38. The average Bonchev–Trinajstić information content (AvgIpc) is 2.67. The number of rotatable bonds is 5. The zero-order chi connectivity index (χ0) is 21.0. The molecule has 1 amide bonds. The maximum absolute atomic E-state index is 13.3. The third kappa shape index (κ3) is 5.45. The number of nitrogens with zero attached hydrogens (tertiary/aromatic N) is 1. The highest BCUT2D eigenvalue weighted by atomic mass is 16.6. The second kappa shape index (κ2) is 8.78. The van der Waals surface area contributed by atoms with Crippen LogP contribution in [0.15, 0.2) is 60.7 Å². The Balaban J connectivity index is 1.86. The molecule has 2 aromatic rings. The van der Waals surface area contributed by atoms with E-state index < -0.39 is 11.6 Å². The van der Waals surface area contributed by atoms with Crippen LogP contribution in [0.2, 0.25) is 0 Å². The molecule has 0 aromatic heterocycles. The van der Waals surface area contributed by atoms with Crippen LogP contribution in [-0.4, -0.2) is 28.5 Å². The normalized spacial score (nSPS) is 22.4. The van der Waals surface area contributed by atoms with Crippen molar-refractivity contribution in [3.8, 4) is 0 Å². The Morgan fingerprint density at radius 1 is 1.00 bits per heavy atom. The molecule has 3 rings (SSSR count). The second-order valence-electron chi connectivity index (χ2n) is 8.71. The first-order valence-electron chi connectivity index (χ1n) is 10.1. The molecule has 1 N–H and O–H groups in total. The van der Waals surface area contributed by atoms with Gasteiger partial charge in [0.05, 0.1) is 6.54 Å². The average molecular weight is 395 g/mol. The van der Waals surface area contributed by atoms with Crippen LogP contribution in [0.5, 0.6) is 0 Å². The van der Waals surface area contributed by atoms with Gasteiger partial charge in [0.25, 0.3) is 0 Å². The maximum Gasteiger partial charge on any atom is 0.325 e. The number of amides is 1. The third-order valence-electron chi connectivity index (χ3n) is 5.18. The lowest BCUT2D eigenvalue weighted by molar-refractivity contribution is -0.169. The van der Waals surface area contributed by atoms with Gasteiger partial charge in [0, 0.05) is 5.92 Å². The van der Waals surface area contributed by atoms with E-state index in [1.807, 2.05) is 88.4 Å². The number of hydrazine groups is 1. The predicted octanol–water partition coefficient (Wildman–Crippen LogP) is 3.74. The first-order valence-corrected chi connectivity index (χ1v) is 10.1. The summed E-state index contributed by atoms with van der Waals surface area (Å²) >= 11 is 0. The van der Waals surface area contributed by atoms with E-state index in [1.165, 1.54) is 0 Å². The van der Waals surface area contributed by atoms with Crippen LogP contribution in [0.1, 0.15) is 38.8 Å². The van der Waals surface area contributed by atoms with Crippen molar-refractivity contribution in [2.24, 2.45) is 11.8 Å². The van der Waals surface area contributed by atoms with E-state index >= 15 is 0 Å². The summed E-state index contributed by atoms with van der Waals surface area (Å²) in [5, 5.41) is 1.58. The Hall–Kier alpha value is -2.66. The molecule has 1 heterocycles. The fourth-order valence-electron chi connectivity index (χ4n) is 3.67. The van der Waals surface area contributed by atoms with Crippen molar-refractivity contribution in [3.63, 3.8) is 0 Å². The predicted molar refractivity (Wildman–Crippen MR) is 113 cm³/mol. The van der Waals surface area contributed by atoms with E-state index in [0.717, 1.165) is 11.1 Å². The fraction of sp³-hybridized carbons (Fsp3) is 0.417. The smallest absolute Gasteiger partial charge is 0.325 e. The minimum Gasteiger partial charge on any atom is -0.459 e. The van der Waals surface area contributed by atoms with Crippen molar-refractivity contribution in [1.29, 1.82) is 0 Å². The van der Waals surface area contributed by atoms with Gasteiger partial charge < -0.3 is 4.74 Å². The molecule has 1 saturated heterocycles. The van der Waals surface area contributed by atoms with Crippen LogP contribution >= 0.6 is 0 Å². The Morgan fingerprint density at radius 2 is 1.55 bits per heavy atom. The summed E-state index contributed by atoms with van der Waals surface area (Å²) in [6, 6.07) is 19.1. The lowest BCUT2D eigenvalue weighted by Crippen LogP contribution is -2.63. The molecule has 1 fully saturated rings. The molecule has 0 unspecified atom stereocenters. The van der Waals surface area contributed by atoms with Crippen molar-refractivity contribution >= 4 is 11.9 Å². The largest absolute Gasteiger partial charge is 0.459 e. The van der Waals surface area contributed by atoms with Gasteiger partial charge in [0.2, 0.25) is 5.91 Å². The number of hydrogen-bond donors (Lipinski definition) is 1. The molecule has 5 heteroatoms. The highest BCUT2D eigenvalue weighted by molar-refractivity contribution is 5.84. The van der Waals surface area contributed by atoms with Crippen LogP contribution in [0.25, 0.3) is 0 Å². The Bertz CT molecular complexity index is 830. The van der Waals surface area contributed by atoms with Crippen LogP contribution in [0, 0.1) is 11.8 Å². The van der Waals surface area contributed by atoms with Gasteiger partial charge in [-0.1, -0.05) is 67.6 Å². The van der Waals surface area contributed by atoms with Crippen molar-refractivity contribution in [3.05, 3.63) is 71.8 Å². The van der Waals surface area contributed by atoms with Gasteiger partial charge in [-0.3, -0.25) is 14.6 Å². The van der Waals surface area contributed by atoms with E-state index in [4.69, 9.17) is 4.74 Å². The minimum atomic E-state index is -0.584. The third-order valence-corrected chi connectivity index (χ3v) is 5.18. The summed E-state index contributed by atoms with van der Waals surface area (Å²) in [6.45, 7) is 7.91. The molecular formula is C24H30N2O3. The number of esters is 1. The minimum absolute atomic E-state index is 0.00464. The molecule has 0 radical (unpaired) electrons. The van der Waals surface area contributed by atoms with Gasteiger partial charge in [-0.05, 0) is 44.2 Å². The van der Waals surface area contributed by atoms with Gasteiger partial charge in [0.1, 0.15) is 11.6 Å². The molecule has 2 aromatic carbocycles. The lowest BCUT2D eigenvalue weighted by atomic mass is 9.81. The highest BCUT2D eigenvalue weighted by Gasteiger charge is 2.44. The van der Waals surface area contributed by atoms with Gasteiger partial charge in [-0.15, -0.1) is 0 Å². The number of benzene rings is 2. The fourth-order valence-corrected chi connectivity index (χ4v) is 3.67. The molecule has 3 atom stereocenters. The Labute approximate surface area is 173 Å². The van der Waals surface area contributed by atoms with Crippen LogP contribution in [-0.2, 0) is 27.3 Å². The summed E-state index contributed by atoms with van der Waals surface area (Å²) in [4.78, 5) is 26.2. The number of carbonyl (C=O) groups excluding carboxylic acids is 2. The zero-order valence-corrected chi connectivity index (χ0v) is 17.6. The van der Waals surface area contributed by atoms with Gasteiger partial charge in [0.15, 0.2) is 0 Å². The van der Waals surface area contributed by atoms with Gasteiger partial charge in [-0.2, -0.15) is 0 Å². The Morgan fingerprint density at radius 3 is 2.10 bits per heavy atom. The molecule has 29 heavy (non-hydrogen) atoms. The standard InChI is InChI=1S/C24H30N2O3/c1-17-20(15-18-11-7-5-8-12-18)22(27)26(16-19-13-9-6-10-14-19)25-21(17)23(28)29-24(2,3)4/h5-14,17,20-21,25H,15-16H2,1-4H3/t17-,20-,21+/m0/s1. The maximum atomic E-state index is 13.3. The van der Waals surface area contributed by atoms with Gasteiger partial charge in [-0.25, -0.2) is 5.43 Å². The molecule has 0 spiro atoms. The van der Waals surface area contributed by atoms with Gasteiger partial charge >= 0.3 is 5.97 Å². The van der Waals surface area contributed by atoms with Crippen molar-refractivity contribution < 1.29 is 14.3 Å². The summed E-state index contributed by atoms with van der Waals surface area (Å²) < 4.78 is 5.64. The molecule has 0 saturated carbocycles. The van der Waals surface area contributed by atoms with Crippen molar-refractivity contribution in [2.45, 2.75) is 52.3 Å². The van der Waals surface area contributed by atoms with Crippen LogP contribution in [0.3, 0.4) is 0 Å². The molecule has 154 valence electrons. The number of ether oxygens (including phenoxy) is 1. The van der Waals surface area contributed by atoms with Crippen LogP contribution < -0.4 is 5.43 Å². The lowest BCUT2D eigenvalue weighted by Gasteiger charge is -2.42.